The van der Waals surface area contributed by atoms with Gasteiger partial charge in [-0.05, 0) is 42.7 Å². The highest BCUT2D eigenvalue weighted by atomic mass is 32.2. The van der Waals surface area contributed by atoms with E-state index in [-0.39, 0.29) is 11.5 Å². The molecule has 2 N–H and O–H groups in total. The molecule has 0 amide bonds. The summed E-state index contributed by atoms with van der Waals surface area (Å²) >= 11 is 3.29. The molecule has 0 saturated heterocycles. The van der Waals surface area contributed by atoms with Crippen LogP contribution in [0.5, 0.6) is 0 Å². The molecule has 5 nitrogen and oxygen atoms in total. The van der Waals surface area contributed by atoms with Crippen molar-refractivity contribution in [3.05, 3.63) is 57.6 Å². The van der Waals surface area contributed by atoms with Crippen molar-refractivity contribution in [3.63, 3.8) is 0 Å². The molecule has 1 saturated carbocycles. The Morgan fingerprint density at radius 2 is 1.88 bits per heavy atom. The zero-order valence-electron chi connectivity index (χ0n) is 19.1. The number of aromatic amines is 2. The van der Waals surface area contributed by atoms with Crippen molar-refractivity contribution in [1.29, 1.82) is 0 Å². The van der Waals surface area contributed by atoms with Crippen LogP contribution in [0, 0.1) is 5.92 Å². The molecule has 4 rings (SSSR count). The van der Waals surface area contributed by atoms with Gasteiger partial charge in [0.15, 0.2) is 5.16 Å². The smallest absolute Gasteiger partial charge is 0.255 e. The normalized spacial score (nSPS) is 14.9. The molecule has 2 aromatic heterocycles. The van der Waals surface area contributed by atoms with Gasteiger partial charge in [0.25, 0.3) is 5.56 Å². The lowest BCUT2D eigenvalue weighted by atomic mass is 9.84. The fourth-order valence-electron chi connectivity index (χ4n) is 4.48. The first-order valence-electron chi connectivity index (χ1n) is 11.5. The van der Waals surface area contributed by atoms with Crippen LogP contribution in [0.15, 0.2) is 45.2 Å². The minimum absolute atomic E-state index is 0.0162. The summed E-state index contributed by atoms with van der Waals surface area (Å²) in [4.78, 5) is 22.0. The predicted molar refractivity (Wildman–Crippen MR) is 135 cm³/mol. The minimum Gasteiger partial charge on any atom is -0.301 e. The van der Waals surface area contributed by atoms with E-state index in [0.29, 0.717) is 16.8 Å². The number of rotatable bonds is 8. The van der Waals surface area contributed by atoms with Crippen molar-refractivity contribution < 1.29 is 0 Å². The average molecular weight is 469 g/mol. The second-order valence-corrected chi connectivity index (χ2v) is 10.7. The van der Waals surface area contributed by atoms with Gasteiger partial charge in [0, 0.05) is 27.5 Å². The second kappa shape index (κ2) is 10.8. The number of nitrogens with one attached hydrogen (secondary N) is 2. The summed E-state index contributed by atoms with van der Waals surface area (Å²) in [6.45, 7) is 4.17. The number of hydrogen-bond donors (Lipinski definition) is 2. The third-order valence-corrected chi connectivity index (χ3v) is 7.84. The Balaban J connectivity index is 1.48. The van der Waals surface area contributed by atoms with Crippen molar-refractivity contribution in [3.8, 4) is 11.3 Å². The summed E-state index contributed by atoms with van der Waals surface area (Å²) < 4.78 is 0. The molecule has 1 aliphatic rings. The maximum atomic E-state index is 12.9. The molecular formula is C25H32N4OS2. The summed E-state index contributed by atoms with van der Waals surface area (Å²) in [6, 6.07) is 10.5. The lowest BCUT2D eigenvalue weighted by Crippen LogP contribution is -2.22. The van der Waals surface area contributed by atoms with Gasteiger partial charge in [-0.1, -0.05) is 69.8 Å². The van der Waals surface area contributed by atoms with Crippen LogP contribution in [0.25, 0.3) is 11.3 Å². The second-order valence-electron chi connectivity index (χ2n) is 8.89. The van der Waals surface area contributed by atoms with Crippen molar-refractivity contribution in [2.24, 2.45) is 5.92 Å². The molecule has 2 heterocycles. The van der Waals surface area contributed by atoms with E-state index in [4.69, 9.17) is 4.98 Å². The van der Waals surface area contributed by atoms with Gasteiger partial charge in [0.2, 0.25) is 0 Å². The highest BCUT2D eigenvalue weighted by Gasteiger charge is 2.21. The predicted octanol–water partition coefficient (Wildman–Crippen LogP) is 6.42. The van der Waals surface area contributed by atoms with Crippen LogP contribution < -0.4 is 5.56 Å². The van der Waals surface area contributed by atoms with E-state index in [1.54, 1.807) is 23.5 Å². The molecule has 7 heteroatoms. The van der Waals surface area contributed by atoms with Crippen LogP contribution in [-0.4, -0.2) is 26.4 Å². The van der Waals surface area contributed by atoms with Crippen LogP contribution >= 0.6 is 23.5 Å². The third-order valence-electron chi connectivity index (χ3n) is 6.18. The third kappa shape index (κ3) is 5.67. The standard InChI is InChI=1S/C25H32N4OS2/c1-16(2)23-22(13-17-7-5-4-6-8-17)26-25(27-24(23)30)32-15-19-14-21(29-28-19)18-9-11-20(31-3)12-10-18/h9-12,14,16-17H,4-8,13,15H2,1-3H3,(H,28,29)(H,26,27,30). The molecule has 0 unspecified atom stereocenters. The molecule has 0 bridgehead atoms. The van der Waals surface area contributed by atoms with Crippen LogP contribution in [0.3, 0.4) is 0 Å². The van der Waals surface area contributed by atoms with E-state index in [1.165, 1.54) is 37.0 Å². The first-order chi connectivity index (χ1) is 15.5. The zero-order valence-corrected chi connectivity index (χ0v) is 20.7. The first kappa shape index (κ1) is 23.2. The fraction of sp³-hybridized carbons (Fsp3) is 0.480. The van der Waals surface area contributed by atoms with E-state index < -0.39 is 0 Å². The van der Waals surface area contributed by atoms with Crippen molar-refractivity contribution in [1.82, 2.24) is 20.2 Å². The van der Waals surface area contributed by atoms with E-state index in [1.807, 2.05) is 0 Å². The van der Waals surface area contributed by atoms with E-state index in [2.05, 4.69) is 65.6 Å². The molecule has 1 fully saturated rings. The van der Waals surface area contributed by atoms with E-state index >= 15 is 0 Å². The Morgan fingerprint density at radius 3 is 2.56 bits per heavy atom. The SMILES string of the molecule is CSc1ccc(-c2cc(CSc3nc(CC4CCCCC4)c(C(C)C)c(=O)[nH]3)[nH]n2)cc1. The molecule has 0 aliphatic heterocycles. The van der Waals surface area contributed by atoms with E-state index in [0.717, 1.165) is 34.6 Å². The van der Waals surface area contributed by atoms with Gasteiger partial charge in [-0.15, -0.1) is 11.8 Å². The number of nitrogens with zero attached hydrogens (tertiary/aromatic N) is 2. The molecule has 170 valence electrons. The van der Waals surface area contributed by atoms with Crippen LogP contribution in [0.2, 0.25) is 0 Å². The Hall–Kier alpha value is -1.99. The molecule has 3 aromatic rings. The first-order valence-corrected chi connectivity index (χ1v) is 13.7. The van der Waals surface area contributed by atoms with Gasteiger partial charge in [-0.2, -0.15) is 5.10 Å². The molecule has 0 atom stereocenters. The van der Waals surface area contributed by atoms with Gasteiger partial charge < -0.3 is 4.98 Å². The molecule has 0 spiro atoms. The maximum absolute atomic E-state index is 12.9. The maximum Gasteiger partial charge on any atom is 0.255 e. The van der Waals surface area contributed by atoms with Gasteiger partial charge in [0.05, 0.1) is 11.4 Å². The summed E-state index contributed by atoms with van der Waals surface area (Å²) in [5.74, 6) is 1.51. The number of aromatic nitrogens is 4. The Labute approximate surface area is 198 Å². The number of hydrogen-bond acceptors (Lipinski definition) is 5. The van der Waals surface area contributed by atoms with Crippen molar-refractivity contribution in [2.75, 3.05) is 6.26 Å². The Morgan fingerprint density at radius 1 is 1.12 bits per heavy atom. The van der Waals surface area contributed by atoms with Gasteiger partial charge in [0.1, 0.15) is 0 Å². The van der Waals surface area contributed by atoms with Crippen LogP contribution in [0.1, 0.15) is 68.8 Å². The monoisotopic (exact) mass is 468 g/mol. The van der Waals surface area contributed by atoms with Gasteiger partial charge >= 0.3 is 0 Å². The summed E-state index contributed by atoms with van der Waals surface area (Å²) in [7, 11) is 0. The summed E-state index contributed by atoms with van der Waals surface area (Å²) in [5.41, 5.74) is 4.92. The number of benzene rings is 1. The quantitative estimate of drug-likeness (QED) is 0.295. The summed E-state index contributed by atoms with van der Waals surface area (Å²) in [5, 5.41) is 8.30. The average Bonchev–Trinajstić information content (AvgIpc) is 3.27. The highest BCUT2D eigenvalue weighted by molar-refractivity contribution is 7.98. The van der Waals surface area contributed by atoms with Gasteiger partial charge in [-0.3, -0.25) is 9.89 Å². The zero-order chi connectivity index (χ0) is 22.5. The van der Waals surface area contributed by atoms with Crippen LogP contribution in [0.4, 0.5) is 0 Å². The molecule has 1 aromatic carbocycles. The van der Waals surface area contributed by atoms with Crippen LogP contribution in [-0.2, 0) is 12.2 Å². The number of thioether (sulfide) groups is 2. The van der Waals surface area contributed by atoms with Crippen molar-refractivity contribution >= 4 is 23.5 Å². The lowest BCUT2D eigenvalue weighted by molar-refractivity contribution is 0.352. The largest absolute Gasteiger partial charge is 0.301 e. The molecule has 32 heavy (non-hydrogen) atoms. The lowest BCUT2D eigenvalue weighted by Gasteiger charge is -2.22. The van der Waals surface area contributed by atoms with E-state index in [9.17, 15) is 4.79 Å². The molecule has 1 aliphatic carbocycles. The highest BCUT2D eigenvalue weighted by Crippen LogP contribution is 2.29. The Bertz CT molecular complexity index is 1080. The van der Waals surface area contributed by atoms with Gasteiger partial charge in [-0.25, -0.2) is 4.98 Å². The molecule has 0 radical (unpaired) electrons. The topological polar surface area (TPSA) is 74.4 Å². The number of H-pyrrole nitrogens is 2. The van der Waals surface area contributed by atoms with Crippen molar-refractivity contribution in [2.45, 2.75) is 74.1 Å². The minimum atomic E-state index is 0.0162. The fourth-order valence-corrected chi connectivity index (χ4v) is 5.67. The molecular weight excluding hydrogens is 436 g/mol. The summed E-state index contributed by atoms with van der Waals surface area (Å²) in [6.07, 6.45) is 9.44. The Kier molecular flexibility index (Phi) is 7.79.